The number of anilines is 1. The van der Waals surface area contributed by atoms with Gasteiger partial charge in [-0.25, -0.2) is 4.98 Å². The van der Waals surface area contributed by atoms with Crippen molar-refractivity contribution >= 4 is 40.8 Å². The summed E-state index contributed by atoms with van der Waals surface area (Å²) in [6.45, 7) is 4.27. The Morgan fingerprint density at radius 3 is 2.79 bits per heavy atom. The van der Waals surface area contributed by atoms with Crippen LogP contribution in [0.25, 0.3) is 22.8 Å². The number of aromatic amines is 1. The molecule has 0 aliphatic carbocycles. The average Bonchev–Trinajstić information content (AvgIpc) is 3.42. The summed E-state index contributed by atoms with van der Waals surface area (Å²) in [5, 5.41) is 7.81. The SMILES string of the molecule is Cc1nc2c([nH]1)/C=C1\C(=O)Nc3c(Cl)cc(cc31)-c1cn(C)nc1COCC(C)N(C)C2=O. The first-order valence-corrected chi connectivity index (χ1v) is 10.9. The summed E-state index contributed by atoms with van der Waals surface area (Å²) in [7, 11) is 3.55. The number of imidazole rings is 1. The van der Waals surface area contributed by atoms with Crippen LogP contribution in [-0.2, 0) is 23.2 Å². The van der Waals surface area contributed by atoms with E-state index < -0.39 is 0 Å². The van der Waals surface area contributed by atoms with Gasteiger partial charge in [-0.2, -0.15) is 5.10 Å². The zero-order valence-corrected chi connectivity index (χ0v) is 19.4. The molecule has 9 nitrogen and oxygen atoms in total. The fourth-order valence-corrected chi connectivity index (χ4v) is 4.42. The minimum absolute atomic E-state index is 0.204. The number of hydrogen-bond acceptors (Lipinski definition) is 5. The van der Waals surface area contributed by atoms with Gasteiger partial charge in [0.15, 0.2) is 5.69 Å². The van der Waals surface area contributed by atoms with Crippen LogP contribution in [-0.4, -0.2) is 56.2 Å². The van der Waals surface area contributed by atoms with Gasteiger partial charge < -0.3 is 19.9 Å². The van der Waals surface area contributed by atoms with Gasteiger partial charge in [-0.05, 0) is 37.6 Å². The lowest BCUT2D eigenvalue weighted by molar-refractivity contribution is -0.110. The Morgan fingerprint density at radius 2 is 2.00 bits per heavy atom. The molecule has 0 saturated carbocycles. The third-order valence-corrected chi connectivity index (χ3v) is 6.30. The summed E-state index contributed by atoms with van der Waals surface area (Å²) in [6, 6.07) is 3.52. The van der Waals surface area contributed by atoms with Crippen LogP contribution in [0.2, 0.25) is 5.02 Å². The molecule has 2 N–H and O–H groups in total. The second-order valence-corrected chi connectivity index (χ2v) is 8.83. The number of aromatic nitrogens is 4. The van der Waals surface area contributed by atoms with Crippen LogP contribution in [0, 0.1) is 6.92 Å². The highest BCUT2D eigenvalue weighted by Crippen LogP contribution is 2.42. The molecular formula is C23H23ClN6O3. The Kier molecular flexibility index (Phi) is 5.10. The molecule has 1 atom stereocenters. The van der Waals surface area contributed by atoms with E-state index in [9.17, 15) is 9.59 Å². The van der Waals surface area contributed by atoms with E-state index in [1.807, 2.05) is 32.3 Å². The second-order valence-electron chi connectivity index (χ2n) is 8.42. The van der Waals surface area contributed by atoms with Crippen molar-refractivity contribution in [1.82, 2.24) is 24.6 Å². The van der Waals surface area contributed by atoms with Gasteiger partial charge in [-0.1, -0.05) is 11.6 Å². The van der Waals surface area contributed by atoms with Crippen molar-refractivity contribution in [2.75, 3.05) is 19.0 Å². The number of nitrogens with one attached hydrogen (secondary N) is 2. The molecule has 170 valence electrons. The molecule has 2 aliphatic rings. The molecule has 0 radical (unpaired) electrons. The maximum Gasteiger partial charge on any atom is 0.274 e. The van der Waals surface area contributed by atoms with E-state index in [-0.39, 0.29) is 30.2 Å². The van der Waals surface area contributed by atoms with E-state index in [1.54, 1.807) is 29.6 Å². The summed E-state index contributed by atoms with van der Waals surface area (Å²) in [6.07, 6.45) is 3.56. The highest BCUT2D eigenvalue weighted by Gasteiger charge is 2.30. The zero-order valence-electron chi connectivity index (χ0n) is 18.7. The van der Waals surface area contributed by atoms with Gasteiger partial charge in [0.25, 0.3) is 11.8 Å². The summed E-state index contributed by atoms with van der Waals surface area (Å²) in [4.78, 5) is 35.2. The third kappa shape index (κ3) is 3.63. The average molecular weight is 467 g/mol. The van der Waals surface area contributed by atoms with Crippen LogP contribution in [0.4, 0.5) is 5.69 Å². The molecular weight excluding hydrogens is 444 g/mol. The van der Waals surface area contributed by atoms with E-state index in [4.69, 9.17) is 16.3 Å². The van der Waals surface area contributed by atoms with Crippen molar-refractivity contribution in [1.29, 1.82) is 0 Å². The molecule has 0 spiro atoms. The number of nitrogens with zero attached hydrogens (tertiary/aromatic N) is 4. The Morgan fingerprint density at radius 1 is 1.21 bits per heavy atom. The quantitative estimate of drug-likeness (QED) is 0.529. The number of halogens is 1. The number of carbonyl (C=O) groups is 2. The van der Waals surface area contributed by atoms with Gasteiger partial charge in [-0.3, -0.25) is 14.3 Å². The lowest BCUT2D eigenvalue weighted by Crippen LogP contribution is -2.38. The van der Waals surface area contributed by atoms with Crippen molar-refractivity contribution in [3.8, 4) is 11.1 Å². The number of fused-ring (bicyclic) bond motifs is 4. The Hall–Kier alpha value is -3.43. The molecule has 2 bridgehead atoms. The molecule has 2 aromatic heterocycles. The first kappa shape index (κ1) is 21.4. The predicted octanol–water partition coefficient (Wildman–Crippen LogP) is 3.26. The summed E-state index contributed by atoms with van der Waals surface area (Å²) < 4.78 is 7.66. The number of carbonyl (C=O) groups excluding carboxylic acids is 2. The normalized spacial score (nSPS) is 19.8. The van der Waals surface area contributed by atoms with Crippen molar-refractivity contribution in [2.45, 2.75) is 26.5 Å². The number of aryl methyl sites for hydroxylation is 2. The zero-order chi connectivity index (χ0) is 23.4. The molecule has 3 aromatic rings. The Bertz CT molecular complexity index is 1340. The first-order chi connectivity index (χ1) is 15.7. The fourth-order valence-electron chi connectivity index (χ4n) is 4.16. The van der Waals surface area contributed by atoms with Crippen LogP contribution in [0.1, 0.15) is 40.2 Å². The molecule has 0 fully saturated rings. The number of ether oxygens (including phenoxy) is 1. The lowest BCUT2D eigenvalue weighted by atomic mass is 9.99. The number of amides is 2. The van der Waals surface area contributed by atoms with Gasteiger partial charge in [0.05, 0.1) is 46.9 Å². The first-order valence-electron chi connectivity index (χ1n) is 10.5. The van der Waals surface area contributed by atoms with E-state index in [1.165, 1.54) is 0 Å². The van der Waals surface area contributed by atoms with Gasteiger partial charge in [0.1, 0.15) is 5.82 Å². The van der Waals surface area contributed by atoms with E-state index in [2.05, 4.69) is 20.4 Å². The number of benzene rings is 1. The summed E-state index contributed by atoms with van der Waals surface area (Å²) in [5.41, 5.74) is 4.75. The lowest BCUT2D eigenvalue weighted by Gasteiger charge is -2.24. The molecule has 1 unspecified atom stereocenters. The van der Waals surface area contributed by atoms with Gasteiger partial charge in [0, 0.05) is 31.4 Å². The van der Waals surface area contributed by atoms with Crippen LogP contribution in [0.5, 0.6) is 0 Å². The predicted molar refractivity (Wildman–Crippen MR) is 125 cm³/mol. The Balaban J connectivity index is 1.75. The minimum atomic E-state index is -0.296. The largest absolute Gasteiger partial charge is 0.373 e. The van der Waals surface area contributed by atoms with Crippen molar-refractivity contribution in [3.05, 3.63) is 51.8 Å². The van der Waals surface area contributed by atoms with Crippen LogP contribution >= 0.6 is 11.6 Å². The fraction of sp³-hybridized carbons (Fsp3) is 0.304. The standard InChI is InChI=1S/C23H23ClN6O3/c1-11-9-33-10-19-16(8-29(3)28-19)13-5-14-15(22(31)27-20(14)17(24)6-13)7-18-21(23(32)30(11)4)26-12(2)25-18/h5-8,11H,9-10H2,1-4H3,(H,25,26)(H,27,31)/b15-7-. The molecule has 4 heterocycles. The molecule has 33 heavy (non-hydrogen) atoms. The monoisotopic (exact) mass is 466 g/mol. The van der Waals surface area contributed by atoms with E-state index in [0.29, 0.717) is 40.0 Å². The second kappa shape index (κ2) is 7.86. The van der Waals surface area contributed by atoms with E-state index >= 15 is 0 Å². The highest BCUT2D eigenvalue weighted by molar-refractivity contribution is 6.41. The minimum Gasteiger partial charge on any atom is -0.373 e. The van der Waals surface area contributed by atoms with Gasteiger partial charge >= 0.3 is 0 Å². The van der Waals surface area contributed by atoms with Crippen LogP contribution in [0.3, 0.4) is 0 Å². The number of hydrogen-bond donors (Lipinski definition) is 2. The van der Waals surface area contributed by atoms with Crippen molar-refractivity contribution < 1.29 is 14.3 Å². The maximum absolute atomic E-state index is 13.2. The molecule has 1 aromatic carbocycles. The third-order valence-electron chi connectivity index (χ3n) is 6.00. The van der Waals surface area contributed by atoms with Crippen LogP contribution in [0.15, 0.2) is 18.3 Å². The summed E-state index contributed by atoms with van der Waals surface area (Å²) >= 11 is 6.57. The molecule has 2 aliphatic heterocycles. The Labute approximate surface area is 195 Å². The number of rotatable bonds is 0. The summed E-state index contributed by atoms with van der Waals surface area (Å²) in [5.74, 6) is 0.0191. The van der Waals surface area contributed by atoms with Crippen molar-refractivity contribution in [3.63, 3.8) is 0 Å². The van der Waals surface area contributed by atoms with Gasteiger partial charge in [-0.15, -0.1) is 0 Å². The van der Waals surface area contributed by atoms with E-state index in [0.717, 1.165) is 16.8 Å². The maximum atomic E-state index is 13.2. The highest BCUT2D eigenvalue weighted by atomic mass is 35.5. The number of H-pyrrole nitrogens is 1. The topological polar surface area (TPSA) is 105 Å². The molecule has 2 amide bonds. The van der Waals surface area contributed by atoms with Crippen molar-refractivity contribution in [2.24, 2.45) is 7.05 Å². The molecule has 5 rings (SSSR count). The van der Waals surface area contributed by atoms with Crippen LogP contribution < -0.4 is 5.32 Å². The smallest absolute Gasteiger partial charge is 0.274 e. The van der Waals surface area contributed by atoms with Gasteiger partial charge in [0.2, 0.25) is 0 Å². The number of likely N-dealkylation sites (N-methyl/N-ethyl adjacent to an activating group) is 1. The molecule has 0 saturated heterocycles. The molecule has 10 heteroatoms.